The van der Waals surface area contributed by atoms with Crippen LogP contribution in [0.1, 0.15) is 24.6 Å². The van der Waals surface area contributed by atoms with Crippen LogP contribution in [0.5, 0.6) is 5.75 Å². The third-order valence-corrected chi connectivity index (χ3v) is 4.58. The van der Waals surface area contributed by atoms with Gasteiger partial charge in [0.25, 0.3) is 0 Å². The van der Waals surface area contributed by atoms with E-state index in [-0.39, 0.29) is 5.91 Å². The van der Waals surface area contributed by atoms with Crippen LogP contribution in [0.15, 0.2) is 18.2 Å². The Kier molecular flexibility index (Phi) is 4.57. The van der Waals surface area contributed by atoms with Crippen molar-refractivity contribution in [3.63, 3.8) is 0 Å². The average Bonchev–Trinajstić information content (AvgIpc) is 2.67. The van der Waals surface area contributed by atoms with Crippen LogP contribution in [-0.4, -0.2) is 42.6 Å². The highest BCUT2D eigenvalue weighted by Gasteiger charge is 2.20. The van der Waals surface area contributed by atoms with Crippen LogP contribution < -0.4 is 10.1 Å². The number of hydrogen-bond acceptors (Lipinski definition) is 3. The Hall–Kier alpha value is -2.01. The van der Waals surface area contributed by atoms with Crippen molar-refractivity contribution in [2.24, 2.45) is 0 Å². The monoisotopic (exact) mass is 315 g/mol. The largest absolute Gasteiger partial charge is 0.497 e. The van der Waals surface area contributed by atoms with Crippen molar-refractivity contribution in [2.45, 2.75) is 32.9 Å². The molecular formula is C18H25N3O2. The minimum Gasteiger partial charge on any atom is -0.497 e. The lowest BCUT2D eigenvalue weighted by Gasteiger charge is -2.14. The number of nitrogens with one attached hydrogen (secondary N) is 1. The number of methoxy groups -OCH3 is 1. The molecule has 0 saturated heterocycles. The lowest BCUT2D eigenvalue weighted by atomic mass is 10.1. The topological polar surface area (TPSA) is 46.5 Å². The molecular weight excluding hydrogens is 290 g/mol. The van der Waals surface area contributed by atoms with Crippen molar-refractivity contribution >= 4 is 16.8 Å². The van der Waals surface area contributed by atoms with E-state index in [4.69, 9.17) is 4.74 Å². The summed E-state index contributed by atoms with van der Waals surface area (Å²) in [7, 11) is 3.87. The number of ether oxygens (including phenoxy) is 1. The molecule has 0 bridgehead atoms. The maximum Gasteiger partial charge on any atom is 0.216 e. The Morgan fingerprint density at radius 1 is 1.35 bits per heavy atom. The molecule has 1 amide bonds. The van der Waals surface area contributed by atoms with E-state index in [9.17, 15) is 4.79 Å². The summed E-state index contributed by atoms with van der Waals surface area (Å²) in [6, 6.07) is 6.31. The molecule has 0 aliphatic carbocycles. The third-order valence-electron chi connectivity index (χ3n) is 4.58. The molecule has 23 heavy (non-hydrogen) atoms. The van der Waals surface area contributed by atoms with Crippen LogP contribution in [0, 0.1) is 0 Å². The summed E-state index contributed by atoms with van der Waals surface area (Å²) in [5, 5.41) is 4.17. The first-order valence-corrected chi connectivity index (χ1v) is 8.21. The summed E-state index contributed by atoms with van der Waals surface area (Å²) < 4.78 is 7.85. The molecule has 0 spiro atoms. The zero-order valence-corrected chi connectivity index (χ0v) is 14.2. The van der Waals surface area contributed by atoms with Gasteiger partial charge >= 0.3 is 0 Å². The van der Waals surface area contributed by atoms with E-state index in [1.807, 2.05) is 6.07 Å². The second kappa shape index (κ2) is 6.62. The Morgan fingerprint density at radius 3 is 2.91 bits per heavy atom. The van der Waals surface area contributed by atoms with E-state index in [2.05, 4.69) is 34.0 Å². The van der Waals surface area contributed by atoms with Crippen molar-refractivity contribution < 1.29 is 9.53 Å². The van der Waals surface area contributed by atoms with Gasteiger partial charge in [-0.1, -0.05) is 0 Å². The van der Waals surface area contributed by atoms with Gasteiger partial charge in [0.2, 0.25) is 5.91 Å². The van der Waals surface area contributed by atoms with Crippen molar-refractivity contribution in [3.05, 3.63) is 29.5 Å². The number of hydrogen-bond donors (Lipinski definition) is 1. The van der Waals surface area contributed by atoms with Gasteiger partial charge in [0.15, 0.2) is 0 Å². The molecule has 1 N–H and O–H groups in total. The zero-order chi connectivity index (χ0) is 16.4. The molecule has 0 atom stereocenters. The van der Waals surface area contributed by atoms with Gasteiger partial charge in [0, 0.05) is 43.2 Å². The first kappa shape index (κ1) is 15.9. The van der Waals surface area contributed by atoms with Gasteiger partial charge in [-0.05, 0) is 50.2 Å². The van der Waals surface area contributed by atoms with Gasteiger partial charge in [-0.25, -0.2) is 0 Å². The minimum atomic E-state index is 0.0225. The van der Waals surface area contributed by atoms with Crippen LogP contribution in [0.2, 0.25) is 0 Å². The number of fused-ring (bicyclic) bond motifs is 3. The number of aromatic nitrogens is 1. The molecule has 0 saturated carbocycles. The smallest absolute Gasteiger partial charge is 0.216 e. The Bertz CT molecular complexity index is 721. The molecule has 124 valence electrons. The second-order valence-electron chi connectivity index (χ2n) is 6.28. The SMILES string of the molecule is COc1ccc2c(c1)c(CCNC(C)=O)c1n2CCCN(C)C1. The molecule has 1 aliphatic rings. The summed E-state index contributed by atoms with van der Waals surface area (Å²) in [5.74, 6) is 0.904. The van der Waals surface area contributed by atoms with Gasteiger partial charge in [-0.15, -0.1) is 0 Å². The fourth-order valence-electron chi connectivity index (χ4n) is 3.50. The van der Waals surface area contributed by atoms with Crippen LogP contribution >= 0.6 is 0 Å². The maximum absolute atomic E-state index is 11.2. The number of carbonyl (C=O) groups excluding carboxylic acids is 1. The number of benzene rings is 1. The number of amides is 1. The summed E-state index contributed by atoms with van der Waals surface area (Å²) in [6.07, 6.45) is 2.00. The first-order valence-electron chi connectivity index (χ1n) is 8.21. The Morgan fingerprint density at radius 2 is 2.17 bits per heavy atom. The van der Waals surface area contributed by atoms with Gasteiger partial charge in [-0.3, -0.25) is 4.79 Å². The molecule has 2 aromatic rings. The van der Waals surface area contributed by atoms with E-state index >= 15 is 0 Å². The molecule has 3 rings (SSSR count). The molecule has 0 fully saturated rings. The fourth-order valence-corrected chi connectivity index (χ4v) is 3.50. The van der Waals surface area contributed by atoms with Crippen LogP contribution in [0.25, 0.3) is 10.9 Å². The molecule has 1 aliphatic heterocycles. The van der Waals surface area contributed by atoms with Crippen LogP contribution in [0.3, 0.4) is 0 Å². The van der Waals surface area contributed by atoms with Crippen molar-refractivity contribution in [2.75, 3.05) is 27.2 Å². The lowest BCUT2D eigenvalue weighted by molar-refractivity contribution is -0.118. The lowest BCUT2D eigenvalue weighted by Crippen LogP contribution is -2.23. The molecule has 5 heteroatoms. The quantitative estimate of drug-likeness (QED) is 0.940. The van der Waals surface area contributed by atoms with E-state index in [1.165, 1.54) is 22.2 Å². The van der Waals surface area contributed by atoms with Crippen molar-refractivity contribution in [1.82, 2.24) is 14.8 Å². The van der Waals surface area contributed by atoms with Crippen LogP contribution in [-0.2, 0) is 24.3 Å². The minimum absolute atomic E-state index is 0.0225. The third kappa shape index (κ3) is 3.20. The highest BCUT2D eigenvalue weighted by molar-refractivity contribution is 5.87. The highest BCUT2D eigenvalue weighted by atomic mass is 16.5. The van der Waals surface area contributed by atoms with E-state index in [0.29, 0.717) is 6.54 Å². The van der Waals surface area contributed by atoms with E-state index in [1.54, 1.807) is 14.0 Å². The summed E-state index contributed by atoms with van der Waals surface area (Å²) in [6.45, 7) is 5.34. The number of aryl methyl sites for hydroxylation is 1. The average molecular weight is 315 g/mol. The summed E-state index contributed by atoms with van der Waals surface area (Å²) in [5.41, 5.74) is 3.98. The van der Waals surface area contributed by atoms with E-state index < -0.39 is 0 Å². The number of nitrogens with zero attached hydrogens (tertiary/aromatic N) is 2. The Labute approximate surface area is 137 Å². The van der Waals surface area contributed by atoms with Crippen molar-refractivity contribution in [1.29, 1.82) is 0 Å². The summed E-state index contributed by atoms with van der Waals surface area (Å²) in [4.78, 5) is 13.6. The molecule has 5 nitrogen and oxygen atoms in total. The molecule has 0 unspecified atom stereocenters. The number of rotatable bonds is 4. The van der Waals surface area contributed by atoms with E-state index in [0.717, 1.165) is 38.2 Å². The van der Waals surface area contributed by atoms with Gasteiger partial charge in [0.05, 0.1) is 7.11 Å². The van der Waals surface area contributed by atoms with Gasteiger partial charge in [0.1, 0.15) is 5.75 Å². The maximum atomic E-state index is 11.2. The predicted octanol–water partition coefficient (Wildman–Crippen LogP) is 2.16. The molecule has 1 aromatic carbocycles. The summed E-state index contributed by atoms with van der Waals surface area (Å²) >= 11 is 0. The first-order chi connectivity index (χ1) is 11.1. The molecule has 1 aromatic heterocycles. The normalized spacial score (nSPS) is 15.3. The standard InChI is InChI=1S/C18H25N3O2/c1-13(22)19-8-7-15-16-11-14(23-3)5-6-17(16)21-10-4-9-20(2)12-18(15)21/h5-6,11H,4,7-10,12H2,1-3H3,(H,19,22). The Balaban J connectivity index is 2.07. The molecule has 2 heterocycles. The van der Waals surface area contributed by atoms with Crippen LogP contribution in [0.4, 0.5) is 0 Å². The van der Waals surface area contributed by atoms with Gasteiger partial charge in [-0.2, -0.15) is 0 Å². The van der Waals surface area contributed by atoms with Crippen molar-refractivity contribution in [3.8, 4) is 5.75 Å². The second-order valence-corrected chi connectivity index (χ2v) is 6.28. The molecule has 0 radical (unpaired) electrons. The zero-order valence-electron chi connectivity index (χ0n) is 14.2. The highest BCUT2D eigenvalue weighted by Crippen LogP contribution is 2.32. The predicted molar refractivity (Wildman–Crippen MR) is 91.8 cm³/mol. The van der Waals surface area contributed by atoms with Gasteiger partial charge < -0.3 is 19.5 Å². The number of carbonyl (C=O) groups is 1. The fraction of sp³-hybridized carbons (Fsp3) is 0.500.